The Morgan fingerprint density at radius 2 is 0.711 bits per heavy atom. The molecule has 2 aromatic rings. The quantitative estimate of drug-likeness (QED) is 0.552. The summed E-state index contributed by atoms with van der Waals surface area (Å²) in [5, 5.41) is 78.3. The van der Waals surface area contributed by atoms with E-state index < -0.39 is 0 Å². The molecular weight excluding hydrogens is 472 g/mol. The van der Waals surface area contributed by atoms with Crippen LogP contribution in [0.4, 0.5) is 0 Å². The molecule has 8 heteroatoms. The number of nitrogens with zero attached hydrogens (tertiary/aromatic N) is 8. The largest absolute Gasteiger partial charge is 0.192 e. The molecule has 0 unspecified atom stereocenters. The Balaban J connectivity index is 2.20. The number of hydrogen-bond donors (Lipinski definition) is 0. The Kier molecular flexibility index (Phi) is 6.20. The van der Waals surface area contributed by atoms with Crippen LogP contribution in [0.2, 0.25) is 0 Å². The summed E-state index contributed by atoms with van der Waals surface area (Å²) < 4.78 is 0. The van der Waals surface area contributed by atoms with E-state index in [1.165, 1.54) is 24.3 Å². The lowest BCUT2D eigenvalue weighted by Crippen LogP contribution is -2.01. The molecule has 2 aliphatic carbocycles. The zero-order valence-corrected chi connectivity index (χ0v) is 19.2. The molecule has 0 N–H and O–H groups in total. The zero-order valence-electron chi connectivity index (χ0n) is 19.2. The summed E-state index contributed by atoms with van der Waals surface area (Å²) >= 11 is 0. The molecule has 168 valence electrons. The Labute approximate surface area is 217 Å². The van der Waals surface area contributed by atoms with E-state index in [4.69, 9.17) is 0 Å². The Hall–Kier alpha value is -6.94. The highest BCUT2D eigenvalue weighted by atomic mass is 14.5. The third kappa shape index (κ3) is 3.48. The fraction of sp³-hybridized carbons (Fsp3) is 0. The first kappa shape index (κ1) is 24.2. The van der Waals surface area contributed by atoms with Crippen molar-refractivity contribution in [1.29, 1.82) is 42.1 Å². The molecule has 4 rings (SSSR count). The fourth-order valence-electron chi connectivity index (χ4n) is 4.50. The summed E-state index contributed by atoms with van der Waals surface area (Å²) in [7, 11) is 0. The third-order valence-electron chi connectivity index (χ3n) is 6.03. The fourth-order valence-corrected chi connectivity index (χ4v) is 4.50. The molecule has 0 fully saturated rings. The van der Waals surface area contributed by atoms with Gasteiger partial charge in [0.1, 0.15) is 47.6 Å². The second-order valence-electron chi connectivity index (χ2n) is 7.80. The number of benzene rings is 2. The molecule has 0 saturated carbocycles. The van der Waals surface area contributed by atoms with Gasteiger partial charge in [0, 0.05) is 33.4 Å². The molecule has 0 aromatic heterocycles. The highest BCUT2D eigenvalue weighted by molar-refractivity contribution is 6.11. The molecule has 38 heavy (non-hydrogen) atoms. The van der Waals surface area contributed by atoms with Gasteiger partial charge in [-0.15, -0.1) is 0 Å². The maximum Gasteiger partial charge on any atom is 0.138 e. The summed E-state index contributed by atoms with van der Waals surface area (Å²) in [5.74, 6) is 0. The molecule has 0 bridgehead atoms. The predicted octanol–water partition coefficient (Wildman–Crippen LogP) is 4.70. The maximum atomic E-state index is 10.3. The molecule has 0 radical (unpaired) electrons. The van der Waals surface area contributed by atoms with Gasteiger partial charge in [-0.05, 0) is 35.4 Å². The van der Waals surface area contributed by atoms with Crippen LogP contribution >= 0.6 is 0 Å². The van der Waals surface area contributed by atoms with E-state index in [9.17, 15) is 42.1 Å². The van der Waals surface area contributed by atoms with E-state index in [1.54, 1.807) is 24.3 Å². The van der Waals surface area contributed by atoms with E-state index in [2.05, 4.69) is 12.1 Å². The van der Waals surface area contributed by atoms with Crippen molar-refractivity contribution in [2.45, 2.75) is 0 Å². The lowest BCUT2D eigenvalue weighted by atomic mass is 9.85. The molecule has 0 atom stereocenters. The van der Waals surface area contributed by atoms with Gasteiger partial charge in [0.15, 0.2) is 0 Å². The van der Waals surface area contributed by atoms with Crippen LogP contribution in [-0.2, 0) is 0 Å². The van der Waals surface area contributed by atoms with Gasteiger partial charge < -0.3 is 0 Å². The summed E-state index contributed by atoms with van der Waals surface area (Å²) in [6, 6.07) is 27.7. The van der Waals surface area contributed by atoms with Gasteiger partial charge >= 0.3 is 0 Å². The van der Waals surface area contributed by atoms with Crippen LogP contribution in [0.5, 0.6) is 0 Å². The van der Waals surface area contributed by atoms with Gasteiger partial charge in [-0.3, -0.25) is 0 Å². The van der Waals surface area contributed by atoms with E-state index in [0.29, 0.717) is 22.3 Å². The molecular formula is C30H8N8. The molecule has 0 heterocycles. The Morgan fingerprint density at radius 3 is 0.947 bits per heavy atom. The minimum absolute atomic E-state index is 0.0270. The minimum atomic E-state index is -0.370. The van der Waals surface area contributed by atoms with Crippen LogP contribution in [0.15, 0.2) is 93.1 Å². The van der Waals surface area contributed by atoms with Crippen LogP contribution in [0, 0.1) is 90.6 Å². The smallest absolute Gasteiger partial charge is 0.138 e. The van der Waals surface area contributed by atoms with E-state index in [-0.39, 0.29) is 55.7 Å². The van der Waals surface area contributed by atoms with Gasteiger partial charge in [0.2, 0.25) is 0 Å². The second-order valence-corrected chi connectivity index (χ2v) is 7.80. The number of allylic oxidation sites excluding steroid dienone is 10. The zero-order chi connectivity index (χ0) is 27.4. The van der Waals surface area contributed by atoms with E-state index in [0.717, 1.165) is 0 Å². The minimum Gasteiger partial charge on any atom is -0.192 e. The van der Waals surface area contributed by atoms with E-state index in [1.807, 2.05) is 36.4 Å². The van der Waals surface area contributed by atoms with Crippen molar-refractivity contribution in [2.75, 3.05) is 0 Å². The Morgan fingerprint density at radius 1 is 0.395 bits per heavy atom. The van der Waals surface area contributed by atoms with Gasteiger partial charge in [-0.25, -0.2) is 0 Å². The van der Waals surface area contributed by atoms with Crippen molar-refractivity contribution in [3.8, 4) is 48.6 Å². The highest BCUT2D eigenvalue weighted by Gasteiger charge is 2.44. The van der Waals surface area contributed by atoms with Crippen molar-refractivity contribution in [3.05, 3.63) is 115 Å². The lowest BCUT2D eigenvalue weighted by Gasteiger charge is -2.15. The van der Waals surface area contributed by atoms with Crippen LogP contribution in [-0.4, -0.2) is 0 Å². The first-order valence-electron chi connectivity index (χ1n) is 10.7. The third-order valence-corrected chi connectivity index (χ3v) is 6.03. The molecule has 0 spiro atoms. The monoisotopic (exact) mass is 480 g/mol. The summed E-state index contributed by atoms with van der Waals surface area (Å²) in [6.07, 6.45) is 0. The van der Waals surface area contributed by atoms with Gasteiger partial charge in [0.25, 0.3) is 0 Å². The SMILES string of the molecule is N#CC(C#N)=C1C2=C(C(C#N)=C1c1ccc(C#N)cc1)C(=C(C#N)C#N)C(c1ccc(C#N)cc1)=C2C#N. The molecule has 2 aliphatic rings. The van der Waals surface area contributed by atoms with Crippen molar-refractivity contribution in [1.82, 2.24) is 0 Å². The number of rotatable bonds is 2. The van der Waals surface area contributed by atoms with Gasteiger partial charge in [0.05, 0.1) is 34.4 Å². The molecule has 0 aliphatic heterocycles. The number of hydrogen-bond acceptors (Lipinski definition) is 8. The van der Waals surface area contributed by atoms with Crippen LogP contribution in [0.25, 0.3) is 11.1 Å². The van der Waals surface area contributed by atoms with Crippen molar-refractivity contribution in [2.24, 2.45) is 0 Å². The van der Waals surface area contributed by atoms with Crippen molar-refractivity contribution in [3.63, 3.8) is 0 Å². The second kappa shape index (κ2) is 9.74. The predicted molar refractivity (Wildman–Crippen MR) is 131 cm³/mol. The summed E-state index contributed by atoms with van der Waals surface area (Å²) in [6.45, 7) is 0. The van der Waals surface area contributed by atoms with Gasteiger partial charge in [-0.1, -0.05) is 24.3 Å². The van der Waals surface area contributed by atoms with Crippen LogP contribution in [0.1, 0.15) is 22.3 Å². The molecule has 0 saturated heterocycles. The van der Waals surface area contributed by atoms with Gasteiger partial charge in [-0.2, -0.15) is 42.1 Å². The Bertz CT molecular complexity index is 1780. The van der Waals surface area contributed by atoms with Crippen LogP contribution < -0.4 is 0 Å². The highest BCUT2D eigenvalue weighted by Crippen LogP contribution is 2.57. The first-order chi connectivity index (χ1) is 18.5. The van der Waals surface area contributed by atoms with Crippen LogP contribution in [0.3, 0.4) is 0 Å². The van der Waals surface area contributed by atoms with E-state index >= 15 is 0 Å². The summed E-state index contributed by atoms with van der Waals surface area (Å²) in [4.78, 5) is 0. The average Bonchev–Trinajstić information content (AvgIpc) is 3.47. The topological polar surface area (TPSA) is 190 Å². The average molecular weight is 480 g/mol. The summed E-state index contributed by atoms with van der Waals surface area (Å²) in [5.41, 5.74) is 1.30. The standard InChI is InChI=1S/C30H8N8/c31-9-17-1-5-19(6-2-17)25-23(15-37)29-28(22(13-35)14-36)26(20-7-3-18(10-32)4-8-20)24(16-38)30(29)27(25)21(11-33)12-34/h1-8H. The molecule has 8 nitrogen and oxygen atoms in total. The molecule has 0 amide bonds. The maximum absolute atomic E-state index is 10.3. The number of nitriles is 8. The normalized spacial score (nSPS) is 13.2. The first-order valence-corrected chi connectivity index (χ1v) is 10.7. The van der Waals surface area contributed by atoms with Crippen molar-refractivity contribution < 1.29 is 0 Å². The van der Waals surface area contributed by atoms with Crippen molar-refractivity contribution >= 4 is 11.1 Å². The lowest BCUT2D eigenvalue weighted by molar-refractivity contribution is 1.40. The molecule has 2 aromatic carbocycles.